The number of rotatable bonds is 7. The normalized spacial score (nSPS) is 14.8. The number of aromatic nitrogens is 3. The van der Waals surface area contributed by atoms with Crippen molar-refractivity contribution in [3.8, 4) is 11.6 Å². The van der Waals surface area contributed by atoms with Gasteiger partial charge in [-0.3, -0.25) is 14.3 Å². The fourth-order valence-corrected chi connectivity index (χ4v) is 4.55. The number of nitrogens with zero attached hydrogens (tertiary/aromatic N) is 4. The number of carbonyl (C=O) groups excluding carboxylic acids is 1. The maximum Gasteiger partial charge on any atom is 0.251 e. The second-order valence-electron chi connectivity index (χ2n) is 8.53. The summed E-state index contributed by atoms with van der Waals surface area (Å²) in [5.74, 6) is 1.41. The molecule has 1 aliphatic rings. The van der Waals surface area contributed by atoms with Crippen LogP contribution in [0.15, 0.2) is 83.5 Å². The van der Waals surface area contributed by atoms with E-state index in [0.717, 1.165) is 37.3 Å². The Labute approximate surface area is 203 Å². The predicted octanol–water partition coefficient (Wildman–Crippen LogP) is 4.57. The van der Waals surface area contributed by atoms with Crippen molar-refractivity contribution in [1.82, 2.24) is 24.6 Å². The monoisotopic (exact) mass is 473 g/mol. The van der Waals surface area contributed by atoms with Crippen LogP contribution in [0, 0.1) is 4.77 Å². The number of furan rings is 1. The van der Waals surface area contributed by atoms with Crippen molar-refractivity contribution in [2.24, 2.45) is 0 Å². The Hall–Kier alpha value is -3.49. The van der Waals surface area contributed by atoms with Crippen LogP contribution in [0.25, 0.3) is 11.6 Å². The van der Waals surface area contributed by atoms with E-state index in [1.165, 1.54) is 0 Å². The van der Waals surface area contributed by atoms with Crippen LogP contribution < -0.4 is 5.32 Å². The fraction of sp³-hybridized carbons (Fsp3) is 0.269. The Morgan fingerprint density at radius 1 is 1.00 bits per heavy atom. The number of hydrogen-bond donors (Lipinski definition) is 1. The van der Waals surface area contributed by atoms with Crippen molar-refractivity contribution >= 4 is 18.1 Å². The molecule has 2 aromatic heterocycles. The van der Waals surface area contributed by atoms with Crippen LogP contribution in [-0.2, 0) is 13.2 Å². The maximum absolute atomic E-state index is 12.5. The van der Waals surface area contributed by atoms with Gasteiger partial charge in [0, 0.05) is 24.7 Å². The van der Waals surface area contributed by atoms with E-state index >= 15 is 0 Å². The molecule has 0 saturated carbocycles. The van der Waals surface area contributed by atoms with Crippen LogP contribution in [0.1, 0.15) is 28.8 Å². The summed E-state index contributed by atoms with van der Waals surface area (Å²) in [6.07, 6.45) is 3.43. The molecule has 3 heterocycles. The molecule has 34 heavy (non-hydrogen) atoms. The van der Waals surface area contributed by atoms with Gasteiger partial charge in [-0.1, -0.05) is 48.5 Å². The number of benzene rings is 2. The zero-order chi connectivity index (χ0) is 23.3. The lowest BCUT2D eigenvalue weighted by molar-refractivity contribution is 0.0896. The summed E-state index contributed by atoms with van der Waals surface area (Å²) in [5, 5.41) is 7.98. The summed E-state index contributed by atoms with van der Waals surface area (Å²) >= 11 is 5.83. The topological polar surface area (TPSA) is 68.2 Å². The Bertz CT molecular complexity index is 1270. The van der Waals surface area contributed by atoms with Crippen molar-refractivity contribution in [2.45, 2.75) is 32.1 Å². The molecule has 1 aliphatic heterocycles. The highest BCUT2D eigenvalue weighted by Gasteiger charge is 2.23. The minimum atomic E-state index is -0.0102. The van der Waals surface area contributed by atoms with Gasteiger partial charge in [-0.2, -0.15) is 0 Å². The third-order valence-corrected chi connectivity index (χ3v) is 6.57. The Balaban J connectivity index is 1.26. The Kier molecular flexibility index (Phi) is 6.69. The van der Waals surface area contributed by atoms with Gasteiger partial charge < -0.3 is 9.73 Å². The fourth-order valence-electron chi connectivity index (χ4n) is 4.30. The highest BCUT2D eigenvalue weighted by atomic mass is 32.1. The summed E-state index contributed by atoms with van der Waals surface area (Å²) in [4.78, 5) is 14.8. The van der Waals surface area contributed by atoms with Crippen LogP contribution in [0.3, 0.4) is 0 Å². The van der Waals surface area contributed by atoms with E-state index in [2.05, 4.69) is 22.3 Å². The summed E-state index contributed by atoms with van der Waals surface area (Å²) in [6.45, 7) is 2.96. The van der Waals surface area contributed by atoms with E-state index in [0.29, 0.717) is 29.3 Å². The first kappa shape index (κ1) is 22.3. The third kappa shape index (κ3) is 5.03. The number of likely N-dealkylation sites (tertiary alicyclic amines) is 1. The first-order valence-electron chi connectivity index (χ1n) is 11.5. The molecule has 1 N–H and O–H groups in total. The molecule has 0 spiro atoms. The average molecular weight is 474 g/mol. The molecule has 0 radical (unpaired) electrons. The molecule has 174 valence electrons. The van der Waals surface area contributed by atoms with Crippen LogP contribution in [-0.4, -0.2) is 44.3 Å². The van der Waals surface area contributed by atoms with Gasteiger partial charge in [0.2, 0.25) is 0 Å². The molecule has 1 amide bonds. The molecular weight excluding hydrogens is 446 g/mol. The lowest BCUT2D eigenvalue weighted by Gasteiger charge is -2.32. The summed E-state index contributed by atoms with van der Waals surface area (Å²) in [5.41, 5.74) is 1.85. The van der Waals surface area contributed by atoms with Crippen molar-refractivity contribution in [3.05, 3.63) is 95.0 Å². The molecule has 7 nitrogen and oxygen atoms in total. The largest absolute Gasteiger partial charge is 0.461 e. The van der Waals surface area contributed by atoms with E-state index in [4.69, 9.17) is 21.7 Å². The Morgan fingerprint density at radius 2 is 1.71 bits per heavy atom. The van der Waals surface area contributed by atoms with Crippen molar-refractivity contribution < 1.29 is 9.21 Å². The van der Waals surface area contributed by atoms with Gasteiger partial charge in [0.25, 0.3) is 5.91 Å². The van der Waals surface area contributed by atoms with Crippen LogP contribution >= 0.6 is 12.2 Å². The minimum Gasteiger partial charge on any atom is -0.461 e. The molecule has 1 saturated heterocycles. The highest BCUT2D eigenvalue weighted by Crippen LogP contribution is 2.21. The van der Waals surface area contributed by atoms with E-state index < -0.39 is 0 Å². The third-order valence-electron chi connectivity index (χ3n) is 6.14. The Morgan fingerprint density at radius 3 is 2.38 bits per heavy atom. The molecule has 2 aromatic carbocycles. The van der Waals surface area contributed by atoms with E-state index in [1.807, 2.05) is 69.9 Å². The van der Waals surface area contributed by atoms with E-state index in [1.54, 1.807) is 6.26 Å². The van der Waals surface area contributed by atoms with Gasteiger partial charge in [0.15, 0.2) is 16.4 Å². The second kappa shape index (κ2) is 10.2. The van der Waals surface area contributed by atoms with Gasteiger partial charge in [0.05, 0.1) is 19.5 Å². The van der Waals surface area contributed by atoms with Gasteiger partial charge in [-0.15, -0.1) is 5.10 Å². The molecule has 8 heteroatoms. The first-order chi connectivity index (χ1) is 16.7. The van der Waals surface area contributed by atoms with Crippen molar-refractivity contribution in [1.29, 1.82) is 0 Å². The predicted molar refractivity (Wildman–Crippen MR) is 133 cm³/mol. The van der Waals surface area contributed by atoms with E-state index in [9.17, 15) is 4.79 Å². The molecule has 1 fully saturated rings. The summed E-state index contributed by atoms with van der Waals surface area (Å²) in [6, 6.07) is 23.5. The second-order valence-corrected chi connectivity index (χ2v) is 8.89. The molecular formula is C26H27N5O2S. The lowest BCUT2D eigenvalue weighted by Crippen LogP contribution is -2.45. The zero-order valence-electron chi connectivity index (χ0n) is 18.8. The van der Waals surface area contributed by atoms with Gasteiger partial charge in [-0.05, 0) is 54.9 Å². The summed E-state index contributed by atoms with van der Waals surface area (Å²) in [7, 11) is 0. The van der Waals surface area contributed by atoms with Crippen LogP contribution in [0.5, 0.6) is 0 Å². The maximum atomic E-state index is 12.5. The highest BCUT2D eigenvalue weighted by molar-refractivity contribution is 7.71. The van der Waals surface area contributed by atoms with E-state index in [-0.39, 0.29) is 11.9 Å². The number of nitrogens with one attached hydrogen (secondary N) is 1. The van der Waals surface area contributed by atoms with Gasteiger partial charge in [0.1, 0.15) is 0 Å². The molecule has 5 rings (SSSR count). The van der Waals surface area contributed by atoms with Crippen LogP contribution in [0.2, 0.25) is 0 Å². The van der Waals surface area contributed by atoms with Gasteiger partial charge >= 0.3 is 0 Å². The number of amides is 1. The molecule has 4 aromatic rings. The average Bonchev–Trinajstić information content (AvgIpc) is 3.51. The van der Waals surface area contributed by atoms with Gasteiger partial charge in [-0.25, -0.2) is 4.68 Å². The minimum absolute atomic E-state index is 0.0102. The SMILES string of the molecule is O=C(NC1CCN(Cn2nc(-c3ccco3)n(Cc3ccccc3)c2=S)CC1)c1ccccc1. The number of hydrogen-bond acceptors (Lipinski definition) is 5. The summed E-state index contributed by atoms with van der Waals surface area (Å²) < 4.78 is 10.2. The smallest absolute Gasteiger partial charge is 0.251 e. The number of piperidine rings is 1. The first-order valence-corrected chi connectivity index (χ1v) is 11.9. The molecule has 0 bridgehead atoms. The lowest BCUT2D eigenvalue weighted by atomic mass is 10.0. The zero-order valence-corrected chi connectivity index (χ0v) is 19.7. The quantitative estimate of drug-likeness (QED) is 0.398. The molecule has 0 aliphatic carbocycles. The van der Waals surface area contributed by atoms with Crippen LogP contribution in [0.4, 0.5) is 0 Å². The number of carbonyl (C=O) groups is 1. The van der Waals surface area contributed by atoms with Crippen molar-refractivity contribution in [2.75, 3.05) is 13.1 Å². The van der Waals surface area contributed by atoms with Crippen molar-refractivity contribution in [3.63, 3.8) is 0 Å². The standard InChI is InChI=1S/C26H27N5O2S/c32-25(21-10-5-2-6-11-21)27-22-13-15-29(16-14-22)19-31-26(34)30(18-20-8-3-1-4-9-20)24(28-31)23-12-7-17-33-23/h1-12,17,22H,13-16,18-19H2,(H,27,32). The molecule has 0 unspecified atom stereocenters. The molecule has 0 atom stereocenters.